The second kappa shape index (κ2) is 7.91. The predicted octanol–water partition coefficient (Wildman–Crippen LogP) is 4.23. The van der Waals surface area contributed by atoms with E-state index in [4.69, 9.17) is 0 Å². The molecule has 2 aromatic rings. The second-order valence-electron chi connectivity index (χ2n) is 6.56. The fourth-order valence-electron chi connectivity index (χ4n) is 3.10. The van der Waals surface area contributed by atoms with Gasteiger partial charge in [-0.15, -0.1) is 0 Å². The van der Waals surface area contributed by atoms with E-state index in [1.165, 1.54) is 18.9 Å². The van der Waals surface area contributed by atoms with Crippen molar-refractivity contribution in [3.05, 3.63) is 70.8 Å². The first-order valence-electron chi connectivity index (χ1n) is 8.67. The highest BCUT2D eigenvalue weighted by molar-refractivity contribution is 5.94. The van der Waals surface area contributed by atoms with E-state index in [1.54, 1.807) is 18.2 Å². The number of rotatable bonds is 5. The summed E-state index contributed by atoms with van der Waals surface area (Å²) in [6.45, 7) is 3.16. The van der Waals surface area contributed by atoms with Crippen LogP contribution in [-0.2, 0) is 19.3 Å². The molecule has 1 amide bonds. The molecule has 1 N–H and O–H groups in total. The van der Waals surface area contributed by atoms with Gasteiger partial charge in [0.05, 0.1) is 5.56 Å². The molecule has 0 aliphatic carbocycles. The molecule has 2 aromatic carbocycles. The number of alkyl halides is 3. The maximum absolute atomic E-state index is 12.7. The average Bonchev–Trinajstić information content (AvgIpc) is 3.13. The van der Waals surface area contributed by atoms with Crippen LogP contribution < -0.4 is 5.32 Å². The molecule has 26 heavy (non-hydrogen) atoms. The number of carbonyl (C=O) groups excluding carboxylic acids is 1. The highest BCUT2D eigenvalue weighted by atomic mass is 19.4. The molecule has 3 nitrogen and oxygen atoms in total. The van der Waals surface area contributed by atoms with Crippen LogP contribution in [-0.4, -0.2) is 23.9 Å². The lowest BCUT2D eigenvalue weighted by atomic mass is 10.1. The zero-order valence-corrected chi connectivity index (χ0v) is 14.4. The van der Waals surface area contributed by atoms with E-state index in [-0.39, 0.29) is 12.5 Å². The van der Waals surface area contributed by atoms with Gasteiger partial charge in [0, 0.05) is 18.7 Å². The van der Waals surface area contributed by atoms with Crippen molar-refractivity contribution in [1.29, 1.82) is 0 Å². The number of likely N-dealkylation sites (tertiary alicyclic amines) is 1. The van der Waals surface area contributed by atoms with E-state index in [0.717, 1.165) is 37.3 Å². The lowest BCUT2D eigenvalue weighted by Gasteiger charge is -2.14. The van der Waals surface area contributed by atoms with Crippen LogP contribution in [0.3, 0.4) is 0 Å². The van der Waals surface area contributed by atoms with Crippen LogP contribution in [0, 0.1) is 0 Å². The summed E-state index contributed by atoms with van der Waals surface area (Å²) in [6, 6.07) is 12.4. The second-order valence-corrected chi connectivity index (χ2v) is 6.56. The van der Waals surface area contributed by atoms with Gasteiger partial charge in [-0.25, -0.2) is 0 Å². The summed E-state index contributed by atoms with van der Waals surface area (Å²) < 4.78 is 38.2. The minimum absolute atomic E-state index is 0.0539. The standard InChI is InChI=1S/C20H21F3N2O/c21-20(22,23)18-5-3-4-16(12-18)13-24-19(26)17-8-6-15(7-9-17)14-25-10-1-2-11-25/h3-9,12H,1-2,10-11,13-14H2,(H,24,26). The van der Waals surface area contributed by atoms with Gasteiger partial charge in [-0.3, -0.25) is 9.69 Å². The van der Waals surface area contributed by atoms with Crippen molar-refractivity contribution in [1.82, 2.24) is 10.2 Å². The van der Waals surface area contributed by atoms with Gasteiger partial charge in [-0.2, -0.15) is 13.2 Å². The summed E-state index contributed by atoms with van der Waals surface area (Å²) in [5.41, 5.74) is 1.36. The molecule has 0 radical (unpaired) electrons. The number of nitrogens with one attached hydrogen (secondary N) is 1. The Balaban J connectivity index is 1.56. The molecule has 0 saturated carbocycles. The Bertz CT molecular complexity index is 750. The zero-order valence-electron chi connectivity index (χ0n) is 14.4. The molecule has 6 heteroatoms. The van der Waals surface area contributed by atoms with Crippen molar-refractivity contribution in [3.63, 3.8) is 0 Å². The van der Waals surface area contributed by atoms with E-state index < -0.39 is 11.7 Å². The number of benzene rings is 2. The molecule has 1 heterocycles. The van der Waals surface area contributed by atoms with Crippen molar-refractivity contribution in [2.24, 2.45) is 0 Å². The van der Waals surface area contributed by atoms with Gasteiger partial charge in [0.15, 0.2) is 0 Å². The molecular formula is C20H21F3N2O. The molecule has 1 aliphatic heterocycles. The molecule has 138 valence electrons. The Kier molecular flexibility index (Phi) is 5.61. The van der Waals surface area contributed by atoms with Crippen molar-refractivity contribution in [3.8, 4) is 0 Å². The van der Waals surface area contributed by atoms with Crippen molar-refractivity contribution in [2.75, 3.05) is 13.1 Å². The van der Waals surface area contributed by atoms with E-state index in [9.17, 15) is 18.0 Å². The first-order valence-corrected chi connectivity index (χ1v) is 8.67. The normalized spacial score (nSPS) is 15.2. The molecule has 0 spiro atoms. The van der Waals surface area contributed by atoms with Gasteiger partial charge in [0.1, 0.15) is 0 Å². The lowest BCUT2D eigenvalue weighted by molar-refractivity contribution is -0.137. The number of hydrogen-bond acceptors (Lipinski definition) is 2. The fourth-order valence-corrected chi connectivity index (χ4v) is 3.10. The summed E-state index contributed by atoms with van der Waals surface area (Å²) in [5.74, 6) is -0.296. The van der Waals surface area contributed by atoms with Crippen molar-refractivity contribution >= 4 is 5.91 Å². The number of halogens is 3. The third kappa shape index (κ3) is 4.85. The van der Waals surface area contributed by atoms with Gasteiger partial charge >= 0.3 is 6.18 Å². The predicted molar refractivity (Wildman–Crippen MR) is 93.6 cm³/mol. The molecule has 0 unspecified atom stereocenters. The first-order chi connectivity index (χ1) is 12.4. The Morgan fingerprint density at radius 2 is 1.69 bits per heavy atom. The molecule has 1 saturated heterocycles. The lowest BCUT2D eigenvalue weighted by Crippen LogP contribution is -2.23. The Morgan fingerprint density at radius 3 is 2.35 bits per heavy atom. The van der Waals surface area contributed by atoms with Gasteiger partial charge in [-0.1, -0.05) is 24.3 Å². The summed E-state index contributed by atoms with van der Waals surface area (Å²) in [7, 11) is 0. The smallest absolute Gasteiger partial charge is 0.348 e. The largest absolute Gasteiger partial charge is 0.416 e. The Labute approximate surface area is 150 Å². The molecule has 1 fully saturated rings. The van der Waals surface area contributed by atoms with E-state index in [2.05, 4.69) is 10.2 Å². The molecule has 0 atom stereocenters. The molecule has 0 bridgehead atoms. The Morgan fingerprint density at radius 1 is 1.00 bits per heavy atom. The summed E-state index contributed by atoms with van der Waals surface area (Å²) in [6.07, 6.45) is -1.92. The topological polar surface area (TPSA) is 32.3 Å². The number of nitrogens with zero attached hydrogens (tertiary/aromatic N) is 1. The maximum Gasteiger partial charge on any atom is 0.416 e. The number of hydrogen-bond donors (Lipinski definition) is 1. The fraction of sp³-hybridized carbons (Fsp3) is 0.350. The summed E-state index contributed by atoms with van der Waals surface area (Å²) in [4.78, 5) is 14.6. The third-order valence-electron chi connectivity index (χ3n) is 4.53. The van der Waals surface area contributed by atoms with Crippen LogP contribution in [0.5, 0.6) is 0 Å². The molecule has 1 aliphatic rings. The number of amides is 1. The average molecular weight is 362 g/mol. The number of carbonyl (C=O) groups is 1. The monoisotopic (exact) mass is 362 g/mol. The van der Waals surface area contributed by atoms with Gasteiger partial charge in [0.25, 0.3) is 5.91 Å². The van der Waals surface area contributed by atoms with E-state index >= 15 is 0 Å². The maximum atomic E-state index is 12.7. The minimum atomic E-state index is -4.38. The van der Waals surface area contributed by atoms with Crippen LogP contribution in [0.4, 0.5) is 13.2 Å². The van der Waals surface area contributed by atoms with E-state index in [1.807, 2.05) is 12.1 Å². The summed E-state index contributed by atoms with van der Waals surface area (Å²) in [5, 5.41) is 2.67. The van der Waals surface area contributed by atoms with Crippen LogP contribution in [0.15, 0.2) is 48.5 Å². The van der Waals surface area contributed by atoms with Crippen LogP contribution in [0.2, 0.25) is 0 Å². The highest BCUT2D eigenvalue weighted by Gasteiger charge is 2.30. The molecular weight excluding hydrogens is 341 g/mol. The quantitative estimate of drug-likeness (QED) is 0.863. The van der Waals surface area contributed by atoms with Crippen molar-refractivity contribution in [2.45, 2.75) is 32.1 Å². The first kappa shape index (κ1) is 18.5. The zero-order chi connectivity index (χ0) is 18.6. The SMILES string of the molecule is O=C(NCc1cccc(C(F)(F)F)c1)c1ccc(CN2CCCC2)cc1. The molecule has 0 aromatic heterocycles. The van der Waals surface area contributed by atoms with Crippen LogP contribution in [0.1, 0.15) is 39.9 Å². The van der Waals surface area contributed by atoms with E-state index in [0.29, 0.717) is 11.1 Å². The Hall–Kier alpha value is -2.34. The van der Waals surface area contributed by atoms with Gasteiger partial charge in [0.2, 0.25) is 0 Å². The van der Waals surface area contributed by atoms with Crippen LogP contribution in [0.25, 0.3) is 0 Å². The van der Waals surface area contributed by atoms with Crippen molar-refractivity contribution < 1.29 is 18.0 Å². The summed E-state index contributed by atoms with van der Waals surface area (Å²) >= 11 is 0. The third-order valence-corrected chi connectivity index (χ3v) is 4.53. The van der Waals surface area contributed by atoms with Crippen LogP contribution >= 0.6 is 0 Å². The van der Waals surface area contributed by atoms with Gasteiger partial charge in [-0.05, 0) is 61.3 Å². The highest BCUT2D eigenvalue weighted by Crippen LogP contribution is 2.29. The minimum Gasteiger partial charge on any atom is -0.348 e. The van der Waals surface area contributed by atoms with Gasteiger partial charge < -0.3 is 5.32 Å². The molecule has 3 rings (SSSR count).